The van der Waals surface area contributed by atoms with E-state index in [1.54, 1.807) is 17.1 Å². The van der Waals surface area contributed by atoms with Gasteiger partial charge < -0.3 is 4.74 Å². The Kier molecular flexibility index (Phi) is 7.98. The summed E-state index contributed by atoms with van der Waals surface area (Å²) in [5.74, 6) is 0.115. The lowest BCUT2D eigenvalue weighted by Gasteiger charge is -2.28. The fourth-order valence-electron chi connectivity index (χ4n) is 3.37. The smallest absolute Gasteiger partial charge is 0.337 e. The van der Waals surface area contributed by atoms with Crippen molar-refractivity contribution < 1.29 is 19.1 Å². The Labute approximate surface area is 161 Å². The van der Waals surface area contributed by atoms with Gasteiger partial charge in [0.05, 0.1) is 12.7 Å². The Bertz CT molecular complexity index is 657. The summed E-state index contributed by atoms with van der Waals surface area (Å²) in [6, 6.07) is 7.23. The summed E-state index contributed by atoms with van der Waals surface area (Å²) in [7, 11) is 1.36. The quantitative estimate of drug-likeness (QED) is 0.589. The van der Waals surface area contributed by atoms with Crippen LogP contribution < -0.4 is 0 Å². The zero-order valence-electron chi connectivity index (χ0n) is 16.6. The van der Waals surface area contributed by atoms with Crippen molar-refractivity contribution in [1.82, 2.24) is 10.0 Å². The third kappa shape index (κ3) is 5.89. The summed E-state index contributed by atoms with van der Waals surface area (Å²) in [5.41, 5.74) is 1.56. The average Bonchev–Trinajstić information content (AvgIpc) is 3.03. The Morgan fingerprint density at radius 2 is 1.89 bits per heavy atom. The molecule has 1 aliphatic rings. The van der Waals surface area contributed by atoms with Gasteiger partial charge in [0.1, 0.15) is 5.78 Å². The molecular weight excluding hydrogens is 344 g/mol. The highest BCUT2D eigenvalue weighted by Crippen LogP contribution is 2.16. The summed E-state index contributed by atoms with van der Waals surface area (Å²) in [6.45, 7) is 5.92. The standard InChI is InChI=1S/C21H30N2O4/c1-4-5-16(2)19(24)11-13-22-14-12-20(25)23(22)15-10-17-6-8-18(9-7-17)21(26)27-3/h6-9,16H,4-5,10-15H2,1-3H3. The number of ether oxygens (including phenoxy) is 1. The summed E-state index contributed by atoms with van der Waals surface area (Å²) < 4.78 is 4.70. The van der Waals surface area contributed by atoms with Crippen LogP contribution >= 0.6 is 0 Å². The maximum absolute atomic E-state index is 12.2. The third-order valence-electron chi connectivity index (χ3n) is 5.09. The number of ketones is 1. The van der Waals surface area contributed by atoms with Gasteiger partial charge in [0.25, 0.3) is 0 Å². The molecule has 2 rings (SSSR count). The predicted molar refractivity (Wildman–Crippen MR) is 103 cm³/mol. The van der Waals surface area contributed by atoms with Crippen LogP contribution in [0.3, 0.4) is 0 Å². The van der Waals surface area contributed by atoms with Gasteiger partial charge >= 0.3 is 5.97 Å². The van der Waals surface area contributed by atoms with E-state index in [4.69, 9.17) is 4.74 Å². The first-order valence-electron chi connectivity index (χ1n) is 9.71. The van der Waals surface area contributed by atoms with Crippen molar-refractivity contribution in [3.8, 4) is 0 Å². The van der Waals surface area contributed by atoms with Gasteiger partial charge in [-0.1, -0.05) is 32.4 Å². The van der Waals surface area contributed by atoms with Crippen LogP contribution in [0.4, 0.5) is 0 Å². The molecule has 148 valence electrons. The van der Waals surface area contributed by atoms with Crippen molar-refractivity contribution in [3.05, 3.63) is 35.4 Å². The highest BCUT2D eigenvalue weighted by Gasteiger charge is 2.29. The number of esters is 1. The molecule has 1 aliphatic heterocycles. The fraction of sp³-hybridized carbons (Fsp3) is 0.571. The lowest BCUT2D eigenvalue weighted by Crippen LogP contribution is -2.41. The molecule has 27 heavy (non-hydrogen) atoms. The predicted octanol–water partition coefficient (Wildman–Crippen LogP) is 2.86. The number of hydrazine groups is 1. The number of amides is 1. The Morgan fingerprint density at radius 3 is 2.52 bits per heavy atom. The molecule has 0 aliphatic carbocycles. The highest BCUT2D eigenvalue weighted by molar-refractivity contribution is 5.89. The second-order valence-corrected chi connectivity index (χ2v) is 7.07. The lowest BCUT2D eigenvalue weighted by atomic mass is 9.99. The molecule has 1 saturated heterocycles. The van der Waals surface area contributed by atoms with E-state index in [0.29, 0.717) is 44.5 Å². The average molecular weight is 374 g/mol. The van der Waals surface area contributed by atoms with Crippen LogP contribution in [0.15, 0.2) is 24.3 Å². The molecule has 0 radical (unpaired) electrons. The zero-order valence-corrected chi connectivity index (χ0v) is 16.6. The van der Waals surface area contributed by atoms with Crippen LogP contribution in [0.25, 0.3) is 0 Å². The molecule has 1 atom stereocenters. The van der Waals surface area contributed by atoms with Crippen LogP contribution in [0.1, 0.15) is 55.5 Å². The maximum Gasteiger partial charge on any atom is 0.337 e. The van der Waals surface area contributed by atoms with Crippen LogP contribution in [0, 0.1) is 5.92 Å². The van der Waals surface area contributed by atoms with Crippen LogP contribution in [0.5, 0.6) is 0 Å². The SMILES string of the molecule is CCCC(C)C(=O)CCN1CCC(=O)N1CCc1ccc(C(=O)OC)cc1. The molecule has 1 fully saturated rings. The van der Waals surface area contributed by atoms with Crippen molar-refractivity contribution in [2.75, 3.05) is 26.7 Å². The van der Waals surface area contributed by atoms with Gasteiger partial charge in [0.15, 0.2) is 0 Å². The summed E-state index contributed by atoms with van der Waals surface area (Å²) in [6.07, 6.45) is 3.61. The second kappa shape index (κ2) is 10.2. The molecule has 6 nitrogen and oxygen atoms in total. The molecule has 0 N–H and O–H groups in total. The van der Waals surface area contributed by atoms with E-state index < -0.39 is 0 Å². The van der Waals surface area contributed by atoms with Crippen molar-refractivity contribution in [3.63, 3.8) is 0 Å². The van der Waals surface area contributed by atoms with Gasteiger partial charge in [0, 0.05) is 38.4 Å². The van der Waals surface area contributed by atoms with Gasteiger partial charge in [-0.3, -0.25) is 14.6 Å². The molecule has 0 bridgehead atoms. The molecular formula is C21H30N2O4. The molecule has 1 heterocycles. The molecule has 1 aromatic rings. The van der Waals surface area contributed by atoms with E-state index in [1.807, 2.05) is 24.1 Å². The molecule has 0 spiro atoms. The number of nitrogens with zero attached hydrogens (tertiary/aromatic N) is 2. The third-order valence-corrected chi connectivity index (χ3v) is 5.09. The molecule has 0 saturated carbocycles. The van der Waals surface area contributed by atoms with E-state index in [0.717, 1.165) is 18.4 Å². The van der Waals surface area contributed by atoms with Crippen LogP contribution in [-0.2, 0) is 20.7 Å². The number of hydrogen-bond donors (Lipinski definition) is 0. The Balaban J connectivity index is 1.87. The number of carbonyl (C=O) groups excluding carboxylic acids is 3. The van der Waals surface area contributed by atoms with E-state index in [1.165, 1.54) is 7.11 Å². The molecule has 0 aromatic heterocycles. The van der Waals surface area contributed by atoms with Crippen LogP contribution in [0.2, 0.25) is 0 Å². The van der Waals surface area contributed by atoms with Crippen molar-refractivity contribution >= 4 is 17.7 Å². The van der Waals surface area contributed by atoms with Crippen LogP contribution in [-0.4, -0.2) is 54.4 Å². The largest absolute Gasteiger partial charge is 0.465 e. The van der Waals surface area contributed by atoms with E-state index >= 15 is 0 Å². The van der Waals surface area contributed by atoms with Gasteiger partial charge in [-0.05, 0) is 30.5 Å². The van der Waals surface area contributed by atoms with E-state index in [2.05, 4.69) is 6.92 Å². The molecule has 1 aromatic carbocycles. The Hall–Kier alpha value is -2.21. The van der Waals surface area contributed by atoms with Crippen molar-refractivity contribution in [2.24, 2.45) is 5.92 Å². The van der Waals surface area contributed by atoms with Crippen molar-refractivity contribution in [1.29, 1.82) is 0 Å². The number of carbonyl (C=O) groups is 3. The van der Waals surface area contributed by atoms with Gasteiger partial charge in [-0.25, -0.2) is 9.80 Å². The zero-order chi connectivity index (χ0) is 19.8. The molecule has 6 heteroatoms. The Morgan fingerprint density at radius 1 is 1.19 bits per heavy atom. The topological polar surface area (TPSA) is 66.9 Å². The second-order valence-electron chi connectivity index (χ2n) is 7.07. The summed E-state index contributed by atoms with van der Waals surface area (Å²) in [5, 5.41) is 3.77. The van der Waals surface area contributed by atoms with Gasteiger partial charge in [0.2, 0.25) is 5.91 Å². The number of Topliss-reactive ketones (excluding diaryl/α,β-unsaturated/α-hetero) is 1. The lowest BCUT2D eigenvalue weighted by molar-refractivity contribution is -0.139. The minimum Gasteiger partial charge on any atom is -0.465 e. The maximum atomic E-state index is 12.2. The monoisotopic (exact) mass is 374 g/mol. The number of benzene rings is 1. The number of hydrogen-bond acceptors (Lipinski definition) is 5. The fourth-order valence-corrected chi connectivity index (χ4v) is 3.37. The first kappa shape index (κ1) is 21.1. The van der Waals surface area contributed by atoms with E-state index in [9.17, 15) is 14.4 Å². The minimum atomic E-state index is -0.357. The van der Waals surface area contributed by atoms with Crippen molar-refractivity contribution in [2.45, 2.75) is 46.0 Å². The van der Waals surface area contributed by atoms with Gasteiger partial charge in [-0.15, -0.1) is 0 Å². The highest BCUT2D eigenvalue weighted by atomic mass is 16.5. The van der Waals surface area contributed by atoms with Gasteiger partial charge in [-0.2, -0.15) is 0 Å². The molecule has 1 amide bonds. The first-order chi connectivity index (χ1) is 13.0. The summed E-state index contributed by atoms with van der Waals surface area (Å²) >= 11 is 0. The summed E-state index contributed by atoms with van der Waals surface area (Å²) in [4.78, 5) is 35.9. The number of methoxy groups -OCH3 is 1. The van der Waals surface area contributed by atoms with E-state index in [-0.39, 0.29) is 23.6 Å². The normalized spacial score (nSPS) is 15.8. The minimum absolute atomic E-state index is 0.0927. The first-order valence-corrected chi connectivity index (χ1v) is 9.71. The molecule has 1 unspecified atom stereocenters. The number of rotatable bonds is 10.